The molecule has 17 heavy (non-hydrogen) atoms. The van der Waals surface area contributed by atoms with Gasteiger partial charge in [-0.3, -0.25) is 0 Å². The van der Waals surface area contributed by atoms with Crippen LogP contribution in [0.2, 0.25) is 0 Å². The van der Waals surface area contributed by atoms with E-state index < -0.39 is 0 Å². The number of anilines is 1. The number of hydrogen-bond acceptors (Lipinski definition) is 4. The molecular weight excluding hydrogens is 218 g/mol. The lowest BCUT2D eigenvalue weighted by atomic mass is 10.1. The van der Waals surface area contributed by atoms with E-state index in [-0.39, 0.29) is 11.6 Å². The molecule has 0 aromatic carbocycles. The van der Waals surface area contributed by atoms with Gasteiger partial charge in [-0.15, -0.1) is 0 Å². The average Bonchev–Trinajstić information content (AvgIpc) is 2.65. The Hall–Kier alpha value is -1.07. The number of rotatable bonds is 7. The van der Waals surface area contributed by atoms with E-state index in [0.29, 0.717) is 6.61 Å². The Bertz CT molecular complexity index is 336. The Kier molecular flexibility index (Phi) is 4.96. The van der Waals surface area contributed by atoms with Gasteiger partial charge in [0.25, 0.3) is 0 Å². The van der Waals surface area contributed by atoms with Gasteiger partial charge in [0.15, 0.2) is 0 Å². The predicted octanol–water partition coefficient (Wildman–Crippen LogP) is 1.75. The maximum absolute atomic E-state index is 5.42. The fraction of sp³-hybridized carbons (Fsp3) is 0.750. The van der Waals surface area contributed by atoms with Crippen LogP contribution in [0.25, 0.3) is 0 Å². The summed E-state index contributed by atoms with van der Waals surface area (Å²) < 4.78 is 12.6. The quantitative estimate of drug-likeness (QED) is 0.790. The van der Waals surface area contributed by atoms with Gasteiger partial charge < -0.3 is 19.4 Å². The molecule has 0 aliphatic carbocycles. The van der Waals surface area contributed by atoms with Crippen LogP contribution in [-0.2, 0) is 16.0 Å². The third kappa shape index (κ3) is 4.36. The predicted molar refractivity (Wildman–Crippen MR) is 68.3 cm³/mol. The summed E-state index contributed by atoms with van der Waals surface area (Å²) in [5.74, 6) is 0.847. The summed E-state index contributed by atoms with van der Waals surface area (Å²) in [7, 11) is 3.41. The van der Waals surface area contributed by atoms with Gasteiger partial charge in [-0.2, -0.15) is 0 Å². The first kappa shape index (κ1) is 14.0. The molecule has 0 radical (unpaired) electrons. The van der Waals surface area contributed by atoms with E-state index in [1.807, 2.05) is 6.20 Å². The maximum atomic E-state index is 5.42. The highest BCUT2D eigenvalue weighted by Gasteiger charge is 2.19. The summed E-state index contributed by atoms with van der Waals surface area (Å²) in [5, 5.41) is 3.31. The molecule has 98 valence electrons. The van der Waals surface area contributed by atoms with Gasteiger partial charge in [0.2, 0.25) is 5.95 Å². The first-order valence-electron chi connectivity index (χ1n) is 5.80. The molecule has 1 atom stereocenters. The van der Waals surface area contributed by atoms with Crippen molar-refractivity contribution in [2.75, 3.05) is 26.1 Å². The van der Waals surface area contributed by atoms with Crippen molar-refractivity contribution in [3.63, 3.8) is 0 Å². The summed E-state index contributed by atoms with van der Waals surface area (Å²) in [6.07, 6.45) is 3.73. The van der Waals surface area contributed by atoms with Crippen LogP contribution >= 0.6 is 0 Å². The highest BCUT2D eigenvalue weighted by molar-refractivity contribution is 5.27. The standard InChI is InChI=1S/C12H23N3O2/c1-10(8-16-4)14-11-13-6-7-15(11)9-12(2,3)17-5/h6-7,10H,8-9H2,1-5H3,(H,13,14). The van der Waals surface area contributed by atoms with E-state index in [2.05, 4.69) is 35.6 Å². The van der Waals surface area contributed by atoms with Crippen molar-refractivity contribution in [2.45, 2.75) is 39.0 Å². The van der Waals surface area contributed by atoms with Gasteiger partial charge >= 0.3 is 0 Å². The van der Waals surface area contributed by atoms with Crippen LogP contribution in [-0.4, -0.2) is 42.0 Å². The fourth-order valence-corrected chi connectivity index (χ4v) is 1.56. The van der Waals surface area contributed by atoms with Gasteiger partial charge in [-0.25, -0.2) is 4.98 Å². The van der Waals surface area contributed by atoms with Gasteiger partial charge in [0, 0.05) is 32.7 Å². The molecule has 5 nitrogen and oxygen atoms in total. The molecule has 0 aliphatic rings. The van der Waals surface area contributed by atoms with Gasteiger partial charge in [-0.1, -0.05) is 0 Å². The second-order valence-corrected chi connectivity index (χ2v) is 4.84. The van der Waals surface area contributed by atoms with Crippen LogP contribution in [0.5, 0.6) is 0 Å². The van der Waals surface area contributed by atoms with Crippen molar-refractivity contribution in [2.24, 2.45) is 0 Å². The van der Waals surface area contributed by atoms with Crippen LogP contribution in [0, 0.1) is 0 Å². The molecule has 0 fully saturated rings. The molecule has 1 N–H and O–H groups in total. The molecule has 1 heterocycles. The first-order chi connectivity index (χ1) is 7.98. The summed E-state index contributed by atoms with van der Waals surface area (Å²) in [6, 6.07) is 0.229. The second-order valence-electron chi connectivity index (χ2n) is 4.84. The van der Waals surface area contributed by atoms with E-state index in [1.54, 1.807) is 20.4 Å². The minimum atomic E-state index is -0.207. The van der Waals surface area contributed by atoms with E-state index in [9.17, 15) is 0 Å². The molecule has 5 heteroatoms. The Morgan fingerprint density at radius 1 is 1.47 bits per heavy atom. The highest BCUT2D eigenvalue weighted by Crippen LogP contribution is 2.15. The number of aromatic nitrogens is 2. The Labute approximate surface area is 103 Å². The average molecular weight is 241 g/mol. The molecule has 1 aromatic heterocycles. The summed E-state index contributed by atoms with van der Waals surface area (Å²) in [4.78, 5) is 4.30. The minimum absolute atomic E-state index is 0.207. The van der Waals surface area contributed by atoms with E-state index >= 15 is 0 Å². The zero-order valence-electron chi connectivity index (χ0n) is 11.4. The van der Waals surface area contributed by atoms with Gasteiger partial charge in [0.05, 0.1) is 18.8 Å². The molecule has 1 rings (SSSR count). The lowest BCUT2D eigenvalue weighted by Crippen LogP contribution is -2.30. The number of methoxy groups -OCH3 is 2. The number of nitrogens with zero attached hydrogens (tertiary/aromatic N) is 2. The third-order valence-electron chi connectivity index (χ3n) is 2.61. The largest absolute Gasteiger partial charge is 0.383 e. The number of imidazole rings is 1. The highest BCUT2D eigenvalue weighted by atomic mass is 16.5. The van der Waals surface area contributed by atoms with Crippen molar-refractivity contribution >= 4 is 5.95 Å². The Morgan fingerprint density at radius 3 is 2.76 bits per heavy atom. The van der Waals surface area contributed by atoms with Crippen molar-refractivity contribution in [3.05, 3.63) is 12.4 Å². The fourth-order valence-electron chi connectivity index (χ4n) is 1.56. The van der Waals surface area contributed by atoms with Gasteiger partial charge in [-0.05, 0) is 20.8 Å². The van der Waals surface area contributed by atoms with Crippen molar-refractivity contribution in [1.82, 2.24) is 9.55 Å². The SMILES string of the molecule is COCC(C)Nc1nccn1CC(C)(C)OC. The summed E-state index contributed by atoms with van der Waals surface area (Å²) >= 11 is 0. The molecule has 0 amide bonds. The zero-order chi connectivity index (χ0) is 12.9. The molecule has 0 bridgehead atoms. The van der Waals surface area contributed by atoms with E-state index in [4.69, 9.17) is 9.47 Å². The molecule has 1 aromatic rings. The molecule has 0 saturated carbocycles. The Morgan fingerprint density at radius 2 is 2.18 bits per heavy atom. The monoisotopic (exact) mass is 241 g/mol. The Balaban J connectivity index is 2.66. The number of hydrogen-bond donors (Lipinski definition) is 1. The maximum Gasteiger partial charge on any atom is 0.203 e. The van der Waals surface area contributed by atoms with Crippen molar-refractivity contribution in [3.8, 4) is 0 Å². The molecule has 0 aliphatic heterocycles. The van der Waals surface area contributed by atoms with Gasteiger partial charge in [0.1, 0.15) is 0 Å². The van der Waals surface area contributed by atoms with E-state index in [0.717, 1.165) is 12.5 Å². The van der Waals surface area contributed by atoms with Crippen LogP contribution in [0.3, 0.4) is 0 Å². The van der Waals surface area contributed by atoms with Crippen LogP contribution in [0.4, 0.5) is 5.95 Å². The van der Waals surface area contributed by atoms with Crippen molar-refractivity contribution in [1.29, 1.82) is 0 Å². The van der Waals surface area contributed by atoms with Crippen LogP contribution in [0.15, 0.2) is 12.4 Å². The number of ether oxygens (including phenoxy) is 2. The third-order valence-corrected chi connectivity index (χ3v) is 2.61. The molecule has 0 saturated heterocycles. The molecule has 0 spiro atoms. The summed E-state index contributed by atoms with van der Waals surface area (Å²) in [5.41, 5.74) is -0.207. The van der Waals surface area contributed by atoms with Crippen LogP contribution < -0.4 is 5.32 Å². The number of nitrogens with one attached hydrogen (secondary N) is 1. The normalized spacial score (nSPS) is 13.7. The van der Waals surface area contributed by atoms with Crippen LogP contribution in [0.1, 0.15) is 20.8 Å². The molecule has 1 unspecified atom stereocenters. The summed E-state index contributed by atoms with van der Waals surface area (Å²) in [6.45, 7) is 7.57. The van der Waals surface area contributed by atoms with E-state index in [1.165, 1.54) is 0 Å². The first-order valence-corrected chi connectivity index (χ1v) is 5.80. The smallest absolute Gasteiger partial charge is 0.203 e. The zero-order valence-corrected chi connectivity index (χ0v) is 11.4. The lowest BCUT2D eigenvalue weighted by Gasteiger charge is -2.25. The van der Waals surface area contributed by atoms with Crippen molar-refractivity contribution < 1.29 is 9.47 Å². The topological polar surface area (TPSA) is 48.3 Å². The minimum Gasteiger partial charge on any atom is -0.383 e. The lowest BCUT2D eigenvalue weighted by molar-refractivity contribution is 0.00854. The molecular formula is C12H23N3O2. The second kappa shape index (κ2) is 6.02.